The van der Waals surface area contributed by atoms with Crippen LogP contribution < -0.4 is 16.2 Å². The maximum absolute atomic E-state index is 12.4. The summed E-state index contributed by atoms with van der Waals surface area (Å²) >= 11 is 0. The summed E-state index contributed by atoms with van der Waals surface area (Å²) < 4.78 is 11.5. The number of hydrogen-bond acceptors (Lipinski definition) is 5. The first-order valence-electron chi connectivity index (χ1n) is 7.24. The van der Waals surface area contributed by atoms with Gasteiger partial charge in [-0.05, 0) is 36.8 Å². The molecule has 0 aliphatic rings. The fourth-order valence-electron chi connectivity index (χ4n) is 2.40. The van der Waals surface area contributed by atoms with E-state index in [1.165, 1.54) is 6.07 Å². The van der Waals surface area contributed by atoms with Crippen LogP contribution in [0.4, 0.5) is 5.69 Å². The van der Waals surface area contributed by atoms with Crippen LogP contribution in [0.5, 0.6) is 5.75 Å². The molecule has 23 heavy (non-hydrogen) atoms. The molecule has 0 unspecified atom stereocenters. The molecule has 3 rings (SSSR count). The monoisotopic (exact) mass is 312 g/mol. The molecule has 0 atom stereocenters. The first kappa shape index (κ1) is 14.9. The maximum atomic E-state index is 12.4. The number of oxazole rings is 1. The molecular weight excluding hydrogens is 296 g/mol. The summed E-state index contributed by atoms with van der Waals surface area (Å²) in [5.41, 5.74) is 7.63. The topological polar surface area (TPSA) is 87.5 Å². The van der Waals surface area contributed by atoms with Crippen molar-refractivity contribution in [2.45, 2.75) is 13.3 Å². The average molecular weight is 312 g/mol. The Bertz CT molecular complexity index is 906. The van der Waals surface area contributed by atoms with Gasteiger partial charge in [0.1, 0.15) is 5.75 Å². The lowest BCUT2D eigenvalue weighted by atomic mass is 10.1. The number of aromatic nitrogens is 1. The number of carbonyl (C=O) groups is 1. The lowest BCUT2D eigenvalue weighted by Crippen LogP contribution is -2.24. The lowest BCUT2D eigenvalue weighted by Gasteiger charge is -2.05. The van der Waals surface area contributed by atoms with Crippen molar-refractivity contribution in [2.24, 2.45) is 0 Å². The molecule has 0 aliphatic carbocycles. The van der Waals surface area contributed by atoms with Crippen molar-refractivity contribution >= 4 is 22.7 Å². The third-order valence-corrected chi connectivity index (χ3v) is 3.44. The highest BCUT2D eigenvalue weighted by molar-refractivity contribution is 5.91. The Morgan fingerprint density at radius 2 is 1.96 bits per heavy atom. The highest BCUT2D eigenvalue weighted by Gasteiger charge is 2.16. The van der Waals surface area contributed by atoms with Crippen LogP contribution in [-0.4, -0.2) is 17.1 Å². The van der Waals surface area contributed by atoms with Crippen molar-refractivity contribution in [3.8, 4) is 5.75 Å². The number of rotatable bonds is 4. The second-order valence-corrected chi connectivity index (χ2v) is 5.08. The zero-order chi connectivity index (χ0) is 16.4. The summed E-state index contributed by atoms with van der Waals surface area (Å²) in [5.74, 6) is -0.325. The molecule has 2 N–H and O–H groups in total. The van der Waals surface area contributed by atoms with E-state index in [-0.39, 0.29) is 12.3 Å². The molecule has 0 bridgehead atoms. The standard InChI is InChI=1S/C17H16N2O4/c1-2-22-13-6-3-11(4-7-13)9-16(20)19-14-8-5-12(18)10-15(14)23-17(19)21/h3-8,10H,2,9,18H2,1H3. The van der Waals surface area contributed by atoms with E-state index in [9.17, 15) is 9.59 Å². The first-order chi connectivity index (χ1) is 11.1. The van der Waals surface area contributed by atoms with Gasteiger partial charge in [-0.1, -0.05) is 12.1 Å². The molecule has 6 nitrogen and oxygen atoms in total. The summed E-state index contributed by atoms with van der Waals surface area (Å²) in [6, 6.07) is 11.9. The average Bonchev–Trinajstić information content (AvgIpc) is 2.84. The van der Waals surface area contributed by atoms with Crippen LogP contribution in [0.25, 0.3) is 11.1 Å². The molecule has 0 saturated carbocycles. The molecule has 1 heterocycles. The van der Waals surface area contributed by atoms with Crippen LogP contribution in [0.15, 0.2) is 51.7 Å². The first-order valence-corrected chi connectivity index (χ1v) is 7.24. The molecule has 0 spiro atoms. The van der Waals surface area contributed by atoms with Gasteiger partial charge in [0.2, 0.25) is 5.91 Å². The van der Waals surface area contributed by atoms with E-state index in [0.717, 1.165) is 15.9 Å². The van der Waals surface area contributed by atoms with Gasteiger partial charge in [0.25, 0.3) is 0 Å². The van der Waals surface area contributed by atoms with E-state index >= 15 is 0 Å². The van der Waals surface area contributed by atoms with E-state index in [4.69, 9.17) is 14.9 Å². The van der Waals surface area contributed by atoms with Crippen molar-refractivity contribution in [2.75, 3.05) is 12.3 Å². The predicted molar refractivity (Wildman–Crippen MR) is 86.8 cm³/mol. The highest BCUT2D eigenvalue weighted by atomic mass is 16.5. The molecular formula is C17H16N2O4. The number of benzene rings is 2. The third-order valence-electron chi connectivity index (χ3n) is 3.44. The Balaban J connectivity index is 1.89. The number of anilines is 1. The number of ether oxygens (including phenoxy) is 1. The van der Waals surface area contributed by atoms with Crippen molar-refractivity contribution < 1.29 is 13.9 Å². The molecule has 0 aliphatic heterocycles. The smallest absolute Gasteiger partial charge is 0.426 e. The van der Waals surface area contributed by atoms with Gasteiger partial charge >= 0.3 is 5.76 Å². The number of carbonyl (C=O) groups excluding carboxylic acids is 1. The quantitative estimate of drug-likeness (QED) is 0.748. The van der Waals surface area contributed by atoms with Gasteiger partial charge < -0.3 is 14.9 Å². The normalized spacial score (nSPS) is 10.8. The minimum Gasteiger partial charge on any atom is -0.494 e. The zero-order valence-electron chi connectivity index (χ0n) is 12.6. The number of nitrogen functional groups attached to an aromatic ring is 1. The lowest BCUT2D eigenvalue weighted by molar-refractivity contribution is 0.0910. The minimum absolute atomic E-state index is 0.0886. The summed E-state index contributed by atoms with van der Waals surface area (Å²) in [7, 11) is 0. The molecule has 118 valence electrons. The van der Waals surface area contributed by atoms with Crippen LogP contribution >= 0.6 is 0 Å². The maximum Gasteiger partial charge on any atom is 0.426 e. The molecule has 0 radical (unpaired) electrons. The second kappa shape index (κ2) is 6.00. The van der Waals surface area contributed by atoms with E-state index < -0.39 is 5.76 Å². The molecule has 0 saturated heterocycles. The predicted octanol–water partition coefficient (Wildman–Crippen LogP) is 2.46. The molecule has 0 fully saturated rings. The number of nitrogens with two attached hydrogens (primary N) is 1. The van der Waals surface area contributed by atoms with Crippen molar-refractivity contribution in [1.82, 2.24) is 4.57 Å². The Labute approximate surface area is 132 Å². The van der Waals surface area contributed by atoms with E-state index in [0.29, 0.717) is 23.4 Å². The van der Waals surface area contributed by atoms with Crippen molar-refractivity contribution in [3.63, 3.8) is 0 Å². The summed E-state index contributed by atoms with van der Waals surface area (Å²) in [4.78, 5) is 24.4. The molecule has 2 aromatic carbocycles. The Morgan fingerprint density at radius 3 is 2.65 bits per heavy atom. The largest absolute Gasteiger partial charge is 0.494 e. The van der Waals surface area contributed by atoms with Crippen LogP contribution in [0.3, 0.4) is 0 Å². The van der Waals surface area contributed by atoms with Gasteiger partial charge in [-0.25, -0.2) is 9.36 Å². The Hall–Kier alpha value is -3.02. The summed E-state index contributed by atoms with van der Waals surface area (Å²) in [6.45, 7) is 2.48. The number of fused-ring (bicyclic) bond motifs is 1. The van der Waals surface area contributed by atoms with Gasteiger partial charge in [-0.3, -0.25) is 4.79 Å². The van der Waals surface area contributed by atoms with Crippen molar-refractivity contribution in [3.05, 3.63) is 58.6 Å². The Morgan fingerprint density at radius 1 is 1.22 bits per heavy atom. The van der Waals surface area contributed by atoms with Crippen LogP contribution in [0.1, 0.15) is 17.3 Å². The van der Waals surface area contributed by atoms with E-state index in [1.54, 1.807) is 36.4 Å². The summed E-state index contributed by atoms with van der Waals surface area (Å²) in [6.07, 6.45) is 0.0886. The summed E-state index contributed by atoms with van der Waals surface area (Å²) in [5, 5.41) is 0. The second-order valence-electron chi connectivity index (χ2n) is 5.08. The van der Waals surface area contributed by atoms with Crippen LogP contribution in [-0.2, 0) is 6.42 Å². The third kappa shape index (κ3) is 2.96. The van der Waals surface area contributed by atoms with Gasteiger partial charge in [0.05, 0.1) is 18.5 Å². The Kier molecular flexibility index (Phi) is 3.89. The molecule has 0 amide bonds. The van der Waals surface area contributed by atoms with Gasteiger partial charge in [0.15, 0.2) is 5.58 Å². The van der Waals surface area contributed by atoms with Gasteiger partial charge in [-0.2, -0.15) is 0 Å². The van der Waals surface area contributed by atoms with Crippen LogP contribution in [0.2, 0.25) is 0 Å². The fraction of sp³-hybridized carbons (Fsp3) is 0.176. The minimum atomic E-state index is -0.707. The SMILES string of the molecule is CCOc1ccc(CC(=O)n2c(=O)oc3cc(N)ccc32)cc1. The number of nitrogens with zero attached hydrogens (tertiary/aromatic N) is 1. The van der Waals surface area contributed by atoms with Crippen molar-refractivity contribution in [1.29, 1.82) is 0 Å². The molecule has 6 heteroatoms. The fourth-order valence-corrected chi connectivity index (χ4v) is 2.40. The number of hydrogen-bond donors (Lipinski definition) is 1. The van der Waals surface area contributed by atoms with Crippen LogP contribution in [0, 0.1) is 0 Å². The van der Waals surface area contributed by atoms with E-state index in [1.807, 2.05) is 6.92 Å². The zero-order valence-corrected chi connectivity index (χ0v) is 12.6. The van der Waals surface area contributed by atoms with Gasteiger partial charge in [-0.15, -0.1) is 0 Å². The highest BCUT2D eigenvalue weighted by Crippen LogP contribution is 2.17. The molecule has 1 aromatic heterocycles. The molecule has 3 aromatic rings. The van der Waals surface area contributed by atoms with Gasteiger partial charge in [0, 0.05) is 11.8 Å². The van der Waals surface area contributed by atoms with E-state index in [2.05, 4.69) is 0 Å².